The van der Waals surface area contributed by atoms with Crippen molar-refractivity contribution in [3.8, 4) is 0 Å². The summed E-state index contributed by atoms with van der Waals surface area (Å²) in [4.78, 5) is 2.24. The van der Waals surface area contributed by atoms with Crippen LogP contribution in [0.2, 0.25) is 0 Å². The van der Waals surface area contributed by atoms with Gasteiger partial charge in [-0.1, -0.05) is 31.5 Å². The lowest BCUT2D eigenvalue weighted by atomic mass is 10.0. The molecule has 0 saturated heterocycles. The zero-order valence-corrected chi connectivity index (χ0v) is 12.4. The van der Waals surface area contributed by atoms with E-state index in [-0.39, 0.29) is 0 Å². The summed E-state index contributed by atoms with van der Waals surface area (Å²) in [6, 6.07) is 6.74. The summed E-state index contributed by atoms with van der Waals surface area (Å²) in [5.41, 5.74) is 3.54. The molecule has 0 saturated carbocycles. The van der Waals surface area contributed by atoms with Crippen LogP contribution in [0, 0.1) is 13.8 Å². The van der Waals surface area contributed by atoms with Crippen LogP contribution in [-0.2, 0) is 0 Å². The molecular weight excluding hydrogens is 222 g/mol. The van der Waals surface area contributed by atoms with Crippen molar-refractivity contribution >= 4 is 0 Å². The van der Waals surface area contributed by atoms with E-state index in [4.69, 9.17) is 0 Å². The summed E-state index contributed by atoms with van der Waals surface area (Å²) in [6.07, 6.45) is 1.97. The average Bonchev–Trinajstić information content (AvgIpc) is 2.32. The second kappa shape index (κ2) is 6.91. The highest BCUT2D eigenvalue weighted by Gasteiger charge is 2.15. The Hall–Kier alpha value is -0.860. The highest BCUT2D eigenvalue weighted by atomic mass is 16.3. The van der Waals surface area contributed by atoms with Crippen molar-refractivity contribution in [2.75, 3.05) is 13.6 Å². The molecule has 2 atom stereocenters. The molecule has 2 nitrogen and oxygen atoms in total. The molecule has 0 fully saturated rings. The van der Waals surface area contributed by atoms with Gasteiger partial charge in [0.2, 0.25) is 0 Å². The minimum absolute atomic E-state index is 0.395. The SMILES string of the molecule is CCCC(C)N(C)CC(O)c1ccc(C)c(C)c1. The van der Waals surface area contributed by atoms with Gasteiger partial charge >= 0.3 is 0 Å². The number of rotatable bonds is 6. The first-order valence-corrected chi connectivity index (χ1v) is 6.91. The van der Waals surface area contributed by atoms with Crippen molar-refractivity contribution in [3.05, 3.63) is 34.9 Å². The Morgan fingerprint density at radius 3 is 2.44 bits per heavy atom. The van der Waals surface area contributed by atoms with Gasteiger partial charge < -0.3 is 10.0 Å². The second-order valence-electron chi connectivity index (χ2n) is 5.44. The largest absolute Gasteiger partial charge is 0.387 e. The van der Waals surface area contributed by atoms with Gasteiger partial charge in [0.15, 0.2) is 0 Å². The first-order valence-electron chi connectivity index (χ1n) is 6.91. The number of aliphatic hydroxyl groups excluding tert-OH is 1. The van der Waals surface area contributed by atoms with Crippen molar-refractivity contribution in [2.24, 2.45) is 0 Å². The van der Waals surface area contributed by atoms with Crippen LogP contribution in [0.5, 0.6) is 0 Å². The van der Waals surface area contributed by atoms with E-state index in [1.807, 2.05) is 6.07 Å². The summed E-state index contributed by atoms with van der Waals surface area (Å²) in [5, 5.41) is 10.3. The number of aryl methyl sites for hydroxylation is 2. The molecule has 1 aromatic carbocycles. The predicted molar refractivity (Wildman–Crippen MR) is 77.9 cm³/mol. The molecule has 0 aliphatic rings. The number of hydrogen-bond donors (Lipinski definition) is 1. The Morgan fingerprint density at radius 2 is 1.89 bits per heavy atom. The van der Waals surface area contributed by atoms with Crippen molar-refractivity contribution in [1.82, 2.24) is 4.90 Å². The van der Waals surface area contributed by atoms with E-state index in [2.05, 4.69) is 51.8 Å². The first kappa shape index (κ1) is 15.2. The molecule has 2 heteroatoms. The lowest BCUT2D eigenvalue weighted by molar-refractivity contribution is 0.106. The zero-order valence-electron chi connectivity index (χ0n) is 12.4. The van der Waals surface area contributed by atoms with E-state index >= 15 is 0 Å². The lowest BCUT2D eigenvalue weighted by Crippen LogP contribution is -2.32. The van der Waals surface area contributed by atoms with E-state index in [1.54, 1.807) is 0 Å². The molecular formula is C16H27NO. The van der Waals surface area contributed by atoms with Crippen molar-refractivity contribution in [2.45, 2.75) is 52.7 Å². The summed E-state index contributed by atoms with van der Waals surface area (Å²) in [6.45, 7) is 9.31. The molecule has 102 valence electrons. The Labute approximate surface area is 112 Å². The van der Waals surface area contributed by atoms with E-state index in [1.165, 1.54) is 24.0 Å². The Morgan fingerprint density at radius 1 is 1.22 bits per heavy atom. The van der Waals surface area contributed by atoms with Gasteiger partial charge in [0, 0.05) is 12.6 Å². The van der Waals surface area contributed by atoms with Crippen LogP contribution in [-0.4, -0.2) is 29.6 Å². The van der Waals surface area contributed by atoms with Crippen LogP contribution in [0.25, 0.3) is 0 Å². The van der Waals surface area contributed by atoms with E-state index in [0.717, 1.165) is 5.56 Å². The van der Waals surface area contributed by atoms with Gasteiger partial charge in [0.05, 0.1) is 6.10 Å². The fourth-order valence-electron chi connectivity index (χ4n) is 2.17. The maximum absolute atomic E-state index is 10.3. The number of benzene rings is 1. The van der Waals surface area contributed by atoms with Gasteiger partial charge in [-0.25, -0.2) is 0 Å². The molecule has 1 rings (SSSR count). The molecule has 0 amide bonds. The molecule has 18 heavy (non-hydrogen) atoms. The molecule has 0 heterocycles. The number of likely N-dealkylation sites (N-methyl/N-ethyl adjacent to an activating group) is 1. The predicted octanol–water partition coefficient (Wildman–Crippen LogP) is 3.46. The normalized spacial score (nSPS) is 14.8. The van der Waals surface area contributed by atoms with Gasteiger partial charge in [-0.05, 0) is 50.9 Å². The van der Waals surface area contributed by atoms with Crippen molar-refractivity contribution < 1.29 is 5.11 Å². The first-order chi connectivity index (χ1) is 8.45. The van der Waals surface area contributed by atoms with Crippen LogP contribution in [0.4, 0.5) is 0 Å². The van der Waals surface area contributed by atoms with E-state index in [9.17, 15) is 5.11 Å². The maximum atomic E-state index is 10.3. The number of aliphatic hydroxyl groups is 1. The molecule has 0 aliphatic heterocycles. The standard InChI is InChI=1S/C16H27NO/c1-6-7-14(4)17(5)11-16(18)15-9-8-12(2)13(3)10-15/h8-10,14,16,18H,6-7,11H2,1-5H3. The maximum Gasteiger partial charge on any atom is 0.0917 e. The third-order valence-corrected chi connectivity index (χ3v) is 3.84. The third kappa shape index (κ3) is 4.11. The fourth-order valence-corrected chi connectivity index (χ4v) is 2.17. The van der Waals surface area contributed by atoms with Crippen LogP contribution >= 0.6 is 0 Å². The molecule has 0 spiro atoms. The molecule has 0 radical (unpaired) electrons. The van der Waals surface area contributed by atoms with Crippen LogP contribution in [0.3, 0.4) is 0 Å². The van der Waals surface area contributed by atoms with Crippen molar-refractivity contribution in [3.63, 3.8) is 0 Å². The lowest BCUT2D eigenvalue weighted by Gasteiger charge is -2.27. The van der Waals surface area contributed by atoms with Gasteiger partial charge in [-0.15, -0.1) is 0 Å². The molecule has 1 aromatic rings. The topological polar surface area (TPSA) is 23.5 Å². The Balaban J connectivity index is 2.64. The van der Waals surface area contributed by atoms with Crippen molar-refractivity contribution in [1.29, 1.82) is 0 Å². The minimum Gasteiger partial charge on any atom is -0.387 e. The minimum atomic E-state index is -0.395. The highest BCUT2D eigenvalue weighted by molar-refractivity contribution is 5.31. The average molecular weight is 249 g/mol. The summed E-state index contributed by atoms with van der Waals surface area (Å²) >= 11 is 0. The van der Waals surface area contributed by atoms with E-state index < -0.39 is 6.10 Å². The zero-order chi connectivity index (χ0) is 13.7. The molecule has 1 N–H and O–H groups in total. The number of nitrogens with zero attached hydrogens (tertiary/aromatic N) is 1. The molecule has 0 bridgehead atoms. The summed E-state index contributed by atoms with van der Waals surface area (Å²) in [5.74, 6) is 0. The van der Waals surface area contributed by atoms with Gasteiger partial charge in [-0.3, -0.25) is 0 Å². The van der Waals surface area contributed by atoms with Crippen LogP contribution < -0.4 is 0 Å². The summed E-state index contributed by atoms with van der Waals surface area (Å²) in [7, 11) is 2.09. The van der Waals surface area contributed by atoms with Gasteiger partial charge in [0.1, 0.15) is 0 Å². The fraction of sp³-hybridized carbons (Fsp3) is 0.625. The number of hydrogen-bond acceptors (Lipinski definition) is 2. The Bertz CT molecular complexity index is 375. The van der Waals surface area contributed by atoms with Gasteiger partial charge in [0.25, 0.3) is 0 Å². The quantitative estimate of drug-likeness (QED) is 0.834. The molecule has 0 aromatic heterocycles. The third-order valence-electron chi connectivity index (χ3n) is 3.84. The second-order valence-corrected chi connectivity index (χ2v) is 5.44. The highest BCUT2D eigenvalue weighted by Crippen LogP contribution is 2.19. The van der Waals surface area contributed by atoms with Crippen LogP contribution in [0.1, 0.15) is 49.5 Å². The Kier molecular flexibility index (Phi) is 5.83. The molecule has 0 aliphatic carbocycles. The smallest absolute Gasteiger partial charge is 0.0917 e. The van der Waals surface area contributed by atoms with Gasteiger partial charge in [-0.2, -0.15) is 0 Å². The monoisotopic (exact) mass is 249 g/mol. The van der Waals surface area contributed by atoms with Crippen LogP contribution in [0.15, 0.2) is 18.2 Å². The summed E-state index contributed by atoms with van der Waals surface area (Å²) < 4.78 is 0. The van der Waals surface area contributed by atoms with E-state index in [0.29, 0.717) is 12.6 Å². The molecule has 2 unspecified atom stereocenters.